The van der Waals surface area contributed by atoms with E-state index in [4.69, 9.17) is 11.1 Å². The van der Waals surface area contributed by atoms with E-state index in [2.05, 4.69) is 14.7 Å². The molecule has 1 aromatic carbocycles. The lowest BCUT2D eigenvalue weighted by atomic mass is 10.1. The smallest absolute Gasteiger partial charge is 0.279 e. The molecule has 0 saturated carbocycles. The molecule has 0 aliphatic carbocycles. The molecule has 1 heterocycles. The van der Waals surface area contributed by atoms with Crippen LogP contribution in [0.1, 0.15) is 18.3 Å². The molecule has 21 heavy (non-hydrogen) atoms. The van der Waals surface area contributed by atoms with Crippen molar-refractivity contribution in [1.29, 1.82) is 5.41 Å². The molecule has 2 aromatic rings. The maximum absolute atomic E-state index is 13.7. The van der Waals surface area contributed by atoms with E-state index in [-0.39, 0.29) is 16.3 Å². The number of rotatable bonds is 5. The Morgan fingerprint density at radius 3 is 2.81 bits per heavy atom. The summed E-state index contributed by atoms with van der Waals surface area (Å²) in [5, 5.41) is 7.21. The monoisotopic (exact) mass is 311 g/mol. The zero-order chi connectivity index (χ0) is 15.6. The number of aromatic nitrogens is 2. The Labute approximate surface area is 121 Å². The first-order valence-corrected chi connectivity index (χ1v) is 7.53. The molecule has 9 heteroatoms. The third kappa shape index (κ3) is 3.02. The zero-order valence-corrected chi connectivity index (χ0v) is 12.0. The first kappa shape index (κ1) is 15.0. The van der Waals surface area contributed by atoms with Gasteiger partial charge < -0.3 is 10.7 Å². The third-order valence-electron chi connectivity index (χ3n) is 2.76. The highest BCUT2D eigenvalue weighted by Crippen LogP contribution is 2.21. The summed E-state index contributed by atoms with van der Waals surface area (Å²) < 4.78 is 40.3. The maximum Gasteiger partial charge on any atom is 0.279 e. The number of nitrogens with two attached hydrogens (primary N) is 1. The number of anilines is 1. The number of imidazole rings is 1. The van der Waals surface area contributed by atoms with E-state index in [1.807, 2.05) is 6.92 Å². The Morgan fingerprint density at radius 1 is 1.52 bits per heavy atom. The zero-order valence-electron chi connectivity index (χ0n) is 11.1. The van der Waals surface area contributed by atoms with E-state index in [0.717, 1.165) is 6.07 Å². The lowest BCUT2D eigenvalue weighted by Crippen LogP contribution is -2.20. The summed E-state index contributed by atoms with van der Waals surface area (Å²) in [6, 6.07) is 3.75. The van der Waals surface area contributed by atoms with Crippen molar-refractivity contribution in [2.75, 3.05) is 4.72 Å². The van der Waals surface area contributed by atoms with Gasteiger partial charge in [0, 0.05) is 6.42 Å². The van der Waals surface area contributed by atoms with E-state index < -0.39 is 21.7 Å². The lowest BCUT2D eigenvalue weighted by Gasteiger charge is -2.11. The largest absolute Gasteiger partial charge is 0.384 e. The normalized spacial score (nSPS) is 11.3. The van der Waals surface area contributed by atoms with Gasteiger partial charge in [0.1, 0.15) is 17.5 Å². The van der Waals surface area contributed by atoms with Gasteiger partial charge in [-0.15, -0.1) is 0 Å². The second kappa shape index (κ2) is 5.52. The van der Waals surface area contributed by atoms with Crippen LogP contribution in [0.5, 0.6) is 0 Å². The van der Waals surface area contributed by atoms with Crippen LogP contribution in [-0.4, -0.2) is 24.2 Å². The molecule has 0 aliphatic rings. The first-order valence-electron chi connectivity index (χ1n) is 6.04. The lowest BCUT2D eigenvalue weighted by molar-refractivity contribution is 0.597. The van der Waals surface area contributed by atoms with Crippen LogP contribution in [0.15, 0.2) is 29.4 Å². The number of nitrogen functional groups attached to an aromatic ring is 1. The van der Waals surface area contributed by atoms with E-state index in [1.54, 1.807) is 0 Å². The SMILES string of the molecule is CCc1ncc(S(=O)(=O)Nc2cccc(F)c2C(=N)N)[nH]1. The van der Waals surface area contributed by atoms with Crippen LogP contribution < -0.4 is 10.5 Å². The molecule has 5 N–H and O–H groups in total. The van der Waals surface area contributed by atoms with Crippen molar-refractivity contribution in [3.8, 4) is 0 Å². The second-order valence-electron chi connectivity index (χ2n) is 4.23. The predicted molar refractivity (Wildman–Crippen MR) is 76.2 cm³/mol. The Bertz CT molecular complexity index is 785. The Balaban J connectivity index is 2.42. The molecule has 0 bridgehead atoms. The number of nitrogens with one attached hydrogen (secondary N) is 3. The highest BCUT2D eigenvalue weighted by molar-refractivity contribution is 7.92. The minimum absolute atomic E-state index is 0.102. The van der Waals surface area contributed by atoms with Crippen molar-refractivity contribution in [1.82, 2.24) is 9.97 Å². The van der Waals surface area contributed by atoms with Crippen LogP contribution in [0.3, 0.4) is 0 Å². The van der Waals surface area contributed by atoms with Gasteiger partial charge in [0.15, 0.2) is 5.03 Å². The van der Waals surface area contributed by atoms with Gasteiger partial charge in [-0.25, -0.2) is 9.37 Å². The molecule has 112 valence electrons. The van der Waals surface area contributed by atoms with Gasteiger partial charge in [-0.1, -0.05) is 13.0 Å². The fourth-order valence-electron chi connectivity index (χ4n) is 1.74. The first-order chi connectivity index (χ1) is 9.85. The fraction of sp³-hybridized carbons (Fsp3) is 0.167. The number of hydrogen-bond acceptors (Lipinski definition) is 4. The molecule has 0 amide bonds. The van der Waals surface area contributed by atoms with Crippen LogP contribution in [0, 0.1) is 11.2 Å². The van der Waals surface area contributed by atoms with Crippen LogP contribution in [0.2, 0.25) is 0 Å². The quantitative estimate of drug-likeness (QED) is 0.489. The van der Waals surface area contributed by atoms with Crippen LogP contribution in [-0.2, 0) is 16.4 Å². The average molecular weight is 311 g/mol. The van der Waals surface area contributed by atoms with Crippen molar-refractivity contribution < 1.29 is 12.8 Å². The molecule has 0 radical (unpaired) electrons. The molecular weight excluding hydrogens is 297 g/mol. The van der Waals surface area contributed by atoms with E-state index in [1.165, 1.54) is 18.3 Å². The highest BCUT2D eigenvalue weighted by atomic mass is 32.2. The molecule has 0 saturated heterocycles. The number of aromatic amines is 1. The molecule has 0 fully saturated rings. The molecule has 2 rings (SSSR count). The van der Waals surface area contributed by atoms with Crippen molar-refractivity contribution in [2.45, 2.75) is 18.4 Å². The molecule has 0 unspecified atom stereocenters. The van der Waals surface area contributed by atoms with Gasteiger partial charge >= 0.3 is 0 Å². The van der Waals surface area contributed by atoms with Crippen molar-refractivity contribution in [2.24, 2.45) is 5.73 Å². The average Bonchev–Trinajstić information content (AvgIpc) is 2.87. The maximum atomic E-state index is 13.7. The standard InChI is InChI=1S/C12H14FN5O2S/c1-2-9-16-6-10(17-9)21(19,20)18-8-5-3-4-7(13)11(8)12(14)15/h3-6,18H,2H2,1H3,(H3,14,15)(H,16,17). The van der Waals surface area contributed by atoms with Gasteiger partial charge in [0.2, 0.25) is 0 Å². The summed E-state index contributed by atoms with van der Waals surface area (Å²) in [7, 11) is -3.96. The molecule has 0 aliphatic heterocycles. The number of halogens is 1. The van der Waals surface area contributed by atoms with E-state index in [9.17, 15) is 12.8 Å². The van der Waals surface area contributed by atoms with Crippen molar-refractivity contribution in [3.63, 3.8) is 0 Å². The summed E-state index contributed by atoms with van der Waals surface area (Å²) >= 11 is 0. The summed E-state index contributed by atoms with van der Waals surface area (Å²) in [6.45, 7) is 1.82. The molecular formula is C12H14FN5O2S. The molecule has 1 aromatic heterocycles. The number of amidine groups is 1. The minimum Gasteiger partial charge on any atom is -0.384 e. The van der Waals surface area contributed by atoms with E-state index >= 15 is 0 Å². The Hall–Kier alpha value is -2.42. The highest BCUT2D eigenvalue weighted by Gasteiger charge is 2.20. The summed E-state index contributed by atoms with van der Waals surface area (Å²) in [4.78, 5) is 6.55. The number of hydrogen-bond donors (Lipinski definition) is 4. The number of aryl methyl sites for hydroxylation is 1. The second-order valence-corrected chi connectivity index (χ2v) is 5.88. The van der Waals surface area contributed by atoms with E-state index in [0.29, 0.717) is 12.2 Å². The van der Waals surface area contributed by atoms with Crippen LogP contribution in [0.25, 0.3) is 0 Å². The Kier molecular flexibility index (Phi) is 3.94. The van der Waals surface area contributed by atoms with Crippen LogP contribution >= 0.6 is 0 Å². The number of sulfonamides is 1. The summed E-state index contributed by atoms with van der Waals surface area (Å²) in [5.41, 5.74) is 4.89. The van der Waals surface area contributed by atoms with Gasteiger partial charge in [0.25, 0.3) is 10.0 Å². The predicted octanol–water partition coefficient (Wildman–Crippen LogP) is 1.20. The summed E-state index contributed by atoms with van der Waals surface area (Å²) in [5.74, 6) is -0.826. The molecule has 7 nitrogen and oxygen atoms in total. The van der Waals surface area contributed by atoms with Gasteiger partial charge in [-0.05, 0) is 12.1 Å². The van der Waals surface area contributed by atoms with Gasteiger partial charge in [-0.3, -0.25) is 10.1 Å². The van der Waals surface area contributed by atoms with Gasteiger partial charge in [-0.2, -0.15) is 8.42 Å². The molecule has 0 spiro atoms. The Morgan fingerprint density at radius 2 is 2.24 bits per heavy atom. The molecule has 0 atom stereocenters. The number of nitrogens with zero attached hydrogens (tertiary/aromatic N) is 1. The fourth-order valence-corrected chi connectivity index (χ4v) is 2.76. The minimum atomic E-state index is -3.96. The van der Waals surface area contributed by atoms with Crippen LogP contribution in [0.4, 0.5) is 10.1 Å². The van der Waals surface area contributed by atoms with Crippen molar-refractivity contribution >= 4 is 21.5 Å². The summed E-state index contributed by atoms with van der Waals surface area (Å²) in [6.07, 6.45) is 1.72. The number of H-pyrrole nitrogens is 1. The third-order valence-corrected chi connectivity index (χ3v) is 4.03. The number of benzene rings is 1. The topological polar surface area (TPSA) is 125 Å². The van der Waals surface area contributed by atoms with Gasteiger partial charge in [0.05, 0.1) is 17.4 Å². The van der Waals surface area contributed by atoms with Crippen molar-refractivity contribution in [3.05, 3.63) is 41.6 Å².